The monoisotopic (exact) mass is 269 g/mol. The molecule has 1 aliphatic carbocycles. The summed E-state index contributed by atoms with van der Waals surface area (Å²) in [5.41, 5.74) is 1.41. The standard InChI is InChI=1S/C18H23NO/c1-19-18(13-7-3-4-8-13)16-11-12-17(20-2)15-10-6-5-9-14(15)16/h5-6,9-13,18-19H,3-4,7-8H2,1-2H3. The Labute approximate surface area is 121 Å². The van der Waals surface area contributed by atoms with Gasteiger partial charge in [-0.25, -0.2) is 0 Å². The van der Waals surface area contributed by atoms with Crippen LogP contribution in [-0.4, -0.2) is 14.2 Å². The van der Waals surface area contributed by atoms with Crippen molar-refractivity contribution in [1.82, 2.24) is 5.32 Å². The fourth-order valence-electron chi connectivity index (χ4n) is 3.68. The van der Waals surface area contributed by atoms with Crippen LogP contribution in [0.15, 0.2) is 36.4 Å². The third kappa shape index (κ3) is 2.29. The van der Waals surface area contributed by atoms with E-state index >= 15 is 0 Å². The van der Waals surface area contributed by atoms with Crippen LogP contribution in [0.25, 0.3) is 10.8 Å². The average molecular weight is 269 g/mol. The van der Waals surface area contributed by atoms with Gasteiger partial charge in [0.05, 0.1) is 7.11 Å². The number of benzene rings is 2. The second kappa shape index (κ2) is 5.84. The molecule has 1 fully saturated rings. The molecule has 0 aromatic heterocycles. The van der Waals surface area contributed by atoms with E-state index < -0.39 is 0 Å². The summed E-state index contributed by atoms with van der Waals surface area (Å²) >= 11 is 0. The molecule has 1 saturated carbocycles. The Morgan fingerprint density at radius 2 is 1.75 bits per heavy atom. The van der Waals surface area contributed by atoms with Crippen molar-refractivity contribution in [3.8, 4) is 5.75 Å². The van der Waals surface area contributed by atoms with Gasteiger partial charge in [0.15, 0.2) is 0 Å². The molecule has 2 nitrogen and oxygen atoms in total. The van der Waals surface area contributed by atoms with Crippen LogP contribution in [0.3, 0.4) is 0 Å². The Morgan fingerprint density at radius 3 is 2.40 bits per heavy atom. The number of nitrogens with one attached hydrogen (secondary N) is 1. The molecule has 1 N–H and O–H groups in total. The number of hydrogen-bond donors (Lipinski definition) is 1. The van der Waals surface area contributed by atoms with Gasteiger partial charge in [-0.15, -0.1) is 0 Å². The lowest BCUT2D eigenvalue weighted by molar-refractivity contribution is 0.391. The first kappa shape index (κ1) is 13.4. The van der Waals surface area contributed by atoms with E-state index in [1.807, 2.05) is 0 Å². The van der Waals surface area contributed by atoms with Crippen LogP contribution in [0.2, 0.25) is 0 Å². The summed E-state index contributed by atoms with van der Waals surface area (Å²) in [6, 6.07) is 13.4. The van der Waals surface area contributed by atoms with E-state index in [0.717, 1.165) is 11.7 Å². The highest BCUT2D eigenvalue weighted by Gasteiger charge is 2.26. The minimum Gasteiger partial charge on any atom is -0.496 e. The zero-order valence-electron chi connectivity index (χ0n) is 12.4. The predicted octanol–water partition coefficient (Wildman–Crippen LogP) is 4.30. The quantitative estimate of drug-likeness (QED) is 0.893. The van der Waals surface area contributed by atoms with Crippen LogP contribution in [-0.2, 0) is 0 Å². The fraction of sp³-hybridized carbons (Fsp3) is 0.444. The summed E-state index contributed by atoms with van der Waals surface area (Å²) in [6.45, 7) is 0. The largest absolute Gasteiger partial charge is 0.496 e. The van der Waals surface area contributed by atoms with E-state index in [1.165, 1.54) is 42.0 Å². The van der Waals surface area contributed by atoms with E-state index in [1.54, 1.807) is 7.11 Å². The van der Waals surface area contributed by atoms with E-state index in [9.17, 15) is 0 Å². The van der Waals surface area contributed by atoms with Gasteiger partial charge in [-0.1, -0.05) is 43.2 Å². The summed E-state index contributed by atoms with van der Waals surface area (Å²) in [4.78, 5) is 0. The molecule has 0 heterocycles. The maximum Gasteiger partial charge on any atom is 0.126 e. The van der Waals surface area contributed by atoms with Crippen molar-refractivity contribution < 1.29 is 4.74 Å². The molecule has 0 radical (unpaired) electrons. The molecule has 1 aliphatic rings. The van der Waals surface area contributed by atoms with Gasteiger partial charge >= 0.3 is 0 Å². The Balaban J connectivity index is 2.10. The van der Waals surface area contributed by atoms with Gasteiger partial charge in [0.2, 0.25) is 0 Å². The SMILES string of the molecule is CNC(c1ccc(OC)c2ccccc12)C1CCCC1. The van der Waals surface area contributed by atoms with Gasteiger partial charge in [-0.05, 0) is 42.8 Å². The van der Waals surface area contributed by atoms with E-state index in [-0.39, 0.29) is 0 Å². The normalized spacial score (nSPS) is 17.5. The van der Waals surface area contributed by atoms with Gasteiger partial charge in [-0.2, -0.15) is 0 Å². The van der Waals surface area contributed by atoms with Crippen molar-refractivity contribution in [2.24, 2.45) is 5.92 Å². The first-order chi connectivity index (χ1) is 9.85. The molecule has 0 amide bonds. The predicted molar refractivity (Wildman–Crippen MR) is 84.3 cm³/mol. The van der Waals surface area contributed by atoms with E-state index in [4.69, 9.17) is 4.74 Å². The molecule has 106 valence electrons. The first-order valence-corrected chi connectivity index (χ1v) is 7.58. The highest BCUT2D eigenvalue weighted by Crippen LogP contribution is 2.39. The molecular formula is C18H23NO. The number of rotatable bonds is 4. The summed E-state index contributed by atoms with van der Waals surface area (Å²) < 4.78 is 5.50. The third-order valence-electron chi connectivity index (χ3n) is 4.66. The highest BCUT2D eigenvalue weighted by molar-refractivity contribution is 5.91. The Morgan fingerprint density at radius 1 is 1.05 bits per heavy atom. The smallest absolute Gasteiger partial charge is 0.126 e. The lowest BCUT2D eigenvalue weighted by Crippen LogP contribution is -2.23. The molecular weight excluding hydrogens is 246 g/mol. The molecule has 2 aromatic carbocycles. The lowest BCUT2D eigenvalue weighted by Gasteiger charge is -2.25. The zero-order valence-corrected chi connectivity index (χ0v) is 12.4. The van der Waals surface area contributed by atoms with Crippen LogP contribution in [0, 0.1) is 5.92 Å². The average Bonchev–Trinajstić information content (AvgIpc) is 3.02. The van der Waals surface area contributed by atoms with Crippen molar-refractivity contribution in [3.63, 3.8) is 0 Å². The van der Waals surface area contributed by atoms with Crippen molar-refractivity contribution in [2.75, 3.05) is 14.2 Å². The molecule has 0 saturated heterocycles. The minimum atomic E-state index is 0.452. The van der Waals surface area contributed by atoms with E-state index in [0.29, 0.717) is 6.04 Å². The summed E-state index contributed by atoms with van der Waals surface area (Å²) in [6.07, 6.45) is 5.42. The Kier molecular flexibility index (Phi) is 3.93. The second-order valence-corrected chi connectivity index (χ2v) is 5.71. The minimum absolute atomic E-state index is 0.452. The number of fused-ring (bicyclic) bond motifs is 1. The molecule has 3 rings (SSSR count). The van der Waals surface area contributed by atoms with E-state index in [2.05, 4.69) is 48.8 Å². The molecule has 1 atom stereocenters. The topological polar surface area (TPSA) is 21.3 Å². The van der Waals surface area contributed by atoms with Gasteiger partial charge in [0.25, 0.3) is 0 Å². The summed E-state index contributed by atoms with van der Waals surface area (Å²) in [5, 5.41) is 6.08. The maximum absolute atomic E-state index is 5.50. The van der Waals surface area contributed by atoms with Crippen molar-refractivity contribution >= 4 is 10.8 Å². The van der Waals surface area contributed by atoms with Crippen LogP contribution in [0.1, 0.15) is 37.3 Å². The van der Waals surface area contributed by atoms with Crippen LogP contribution in [0.4, 0.5) is 0 Å². The lowest BCUT2D eigenvalue weighted by atomic mass is 9.88. The Bertz CT molecular complexity index is 587. The van der Waals surface area contributed by atoms with Crippen LogP contribution >= 0.6 is 0 Å². The number of hydrogen-bond acceptors (Lipinski definition) is 2. The summed E-state index contributed by atoms with van der Waals surface area (Å²) in [5.74, 6) is 1.72. The second-order valence-electron chi connectivity index (χ2n) is 5.71. The van der Waals surface area contributed by atoms with Crippen molar-refractivity contribution in [1.29, 1.82) is 0 Å². The fourth-order valence-corrected chi connectivity index (χ4v) is 3.68. The van der Waals surface area contributed by atoms with Crippen molar-refractivity contribution in [3.05, 3.63) is 42.0 Å². The zero-order chi connectivity index (χ0) is 13.9. The molecule has 0 bridgehead atoms. The van der Waals surface area contributed by atoms with Gasteiger partial charge < -0.3 is 10.1 Å². The molecule has 2 heteroatoms. The highest BCUT2D eigenvalue weighted by atomic mass is 16.5. The maximum atomic E-state index is 5.50. The first-order valence-electron chi connectivity index (χ1n) is 7.58. The molecule has 0 aliphatic heterocycles. The van der Waals surface area contributed by atoms with Gasteiger partial charge in [0.1, 0.15) is 5.75 Å². The van der Waals surface area contributed by atoms with Crippen LogP contribution in [0.5, 0.6) is 5.75 Å². The van der Waals surface area contributed by atoms with Gasteiger partial charge in [0, 0.05) is 11.4 Å². The third-order valence-corrected chi connectivity index (χ3v) is 4.66. The molecule has 2 aromatic rings. The number of ether oxygens (including phenoxy) is 1. The van der Waals surface area contributed by atoms with Crippen molar-refractivity contribution in [2.45, 2.75) is 31.7 Å². The van der Waals surface area contributed by atoms with Crippen LogP contribution < -0.4 is 10.1 Å². The number of methoxy groups -OCH3 is 1. The van der Waals surface area contributed by atoms with Gasteiger partial charge in [-0.3, -0.25) is 0 Å². The molecule has 1 unspecified atom stereocenters. The Hall–Kier alpha value is -1.54. The molecule has 20 heavy (non-hydrogen) atoms. The summed E-state index contributed by atoms with van der Waals surface area (Å²) in [7, 11) is 3.83. The molecule has 0 spiro atoms.